The van der Waals surface area contributed by atoms with Gasteiger partial charge in [0.2, 0.25) is 11.0 Å². The van der Waals surface area contributed by atoms with Crippen molar-refractivity contribution in [3.63, 3.8) is 0 Å². The van der Waals surface area contributed by atoms with Crippen LogP contribution in [0.15, 0.2) is 42.5 Å². The van der Waals surface area contributed by atoms with Gasteiger partial charge in [-0.25, -0.2) is 4.98 Å². The van der Waals surface area contributed by atoms with Gasteiger partial charge in [0.1, 0.15) is 11.6 Å². The quantitative estimate of drug-likeness (QED) is 0.468. The summed E-state index contributed by atoms with van der Waals surface area (Å²) in [6, 6.07) is 13.5. The summed E-state index contributed by atoms with van der Waals surface area (Å²) in [6.07, 6.45) is 0.374. The van der Waals surface area contributed by atoms with E-state index in [9.17, 15) is 4.79 Å². The van der Waals surface area contributed by atoms with Crippen molar-refractivity contribution >= 4 is 44.9 Å². The maximum atomic E-state index is 12.5. The Morgan fingerprint density at radius 1 is 1.27 bits per heavy atom. The van der Waals surface area contributed by atoms with Gasteiger partial charge in [0.25, 0.3) is 0 Å². The summed E-state index contributed by atoms with van der Waals surface area (Å²) in [4.78, 5) is 17.3. The number of carbonyl (C=O) groups is 1. The first-order valence-corrected chi connectivity index (χ1v) is 10.9. The number of anilines is 1. The summed E-state index contributed by atoms with van der Waals surface area (Å²) in [5, 5.41) is 9.13. The van der Waals surface area contributed by atoms with Crippen LogP contribution in [-0.2, 0) is 4.79 Å². The molecule has 2 aromatic heterocycles. The summed E-state index contributed by atoms with van der Waals surface area (Å²) in [5.41, 5.74) is 3.81. The van der Waals surface area contributed by atoms with E-state index in [0.29, 0.717) is 29.0 Å². The molecule has 0 saturated carbocycles. The smallest absolute Gasteiger partial charge is 0.226 e. The third-order valence-corrected chi connectivity index (χ3v) is 6.46. The van der Waals surface area contributed by atoms with Gasteiger partial charge in [-0.15, -0.1) is 0 Å². The minimum Gasteiger partial charge on any atom is -0.494 e. The third kappa shape index (κ3) is 3.24. The van der Waals surface area contributed by atoms with Crippen LogP contribution < -0.4 is 10.1 Å². The summed E-state index contributed by atoms with van der Waals surface area (Å²) < 4.78 is 8.35. The molecule has 1 aliphatic rings. The summed E-state index contributed by atoms with van der Waals surface area (Å²) >= 11 is 7.57. The number of nitrogens with zero attached hydrogens (tertiary/aromatic N) is 3. The van der Waals surface area contributed by atoms with E-state index in [2.05, 4.69) is 5.32 Å². The van der Waals surface area contributed by atoms with Gasteiger partial charge >= 0.3 is 0 Å². The molecule has 2 aromatic carbocycles. The molecular weight excluding hydrogens is 420 g/mol. The number of hydrogen-bond acceptors (Lipinski definition) is 5. The minimum atomic E-state index is -0.0706. The number of halogens is 1. The Kier molecular flexibility index (Phi) is 4.72. The van der Waals surface area contributed by atoms with Gasteiger partial charge in [-0.3, -0.25) is 4.79 Å². The lowest BCUT2D eigenvalue weighted by atomic mass is 9.86. The first kappa shape index (κ1) is 19.1. The average molecular weight is 439 g/mol. The molecule has 6 nitrogen and oxygen atoms in total. The van der Waals surface area contributed by atoms with Gasteiger partial charge in [-0.2, -0.15) is 9.78 Å². The largest absolute Gasteiger partial charge is 0.494 e. The van der Waals surface area contributed by atoms with E-state index in [1.54, 1.807) is 4.68 Å². The lowest BCUT2D eigenvalue weighted by Crippen LogP contribution is -2.24. The first-order valence-electron chi connectivity index (χ1n) is 9.72. The molecule has 1 aliphatic heterocycles. The van der Waals surface area contributed by atoms with Crippen molar-refractivity contribution in [2.24, 2.45) is 0 Å². The molecule has 30 heavy (non-hydrogen) atoms. The van der Waals surface area contributed by atoms with Gasteiger partial charge in [0.15, 0.2) is 0 Å². The molecule has 1 amide bonds. The van der Waals surface area contributed by atoms with Crippen molar-refractivity contribution in [1.29, 1.82) is 0 Å². The molecule has 4 aromatic rings. The topological polar surface area (TPSA) is 69.0 Å². The van der Waals surface area contributed by atoms with Crippen molar-refractivity contribution in [1.82, 2.24) is 14.8 Å². The molecule has 0 fully saturated rings. The number of amides is 1. The zero-order chi connectivity index (χ0) is 20.8. The maximum absolute atomic E-state index is 12.5. The lowest BCUT2D eigenvalue weighted by molar-refractivity contribution is -0.116. The summed E-state index contributed by atoms with van der Waals surface area (Å²) in [6.45, 7) is 4.54. The summed E-state index contributed by atoms with van der Waals surface area (Å²) in [7, 11) is 0. The number of rotatable bonds is 4. The maximum Gasteiger partial charge on any atom is 0.226 e. The van der Waals surface area contributed by atoms with Crippen LogP contribution in [0, 0.1) is 6.92 Å². The number of aromatic nitrogens is 3. The molecule has 8 heteroatoms. The molecule has 1 atom stereocenters. The monoisotopic (exact) mass is 438 g/mol. The second-order valence-electron chi connectivity index (χ2n) is 7.17. The van der Waals surface area contributed by atoms with E-state index in [0.717, 1.165) is 32.8 Å². The van der Waals surface area contributed by atoms with Gasteiger partial charge in [0.05, 0.1) is 22.5 Å². The van der Waals surface area contributed by atoms with Gasteiger partial charge in [-0.05, 0) is 49.7 Å². The molecule has 0 unspecified atom stereocenters. The first-order chi connectivity index (χ1) is 14.5. The fourth-order valence-corrected chi connectivity index (χ4v) is 4.98. The summed E-state index contributed by atoms with van der Waals surface area (Å²) in [5.74, 6) is 1.39. The van der Waals surface area contributed by atoms with Crippen LogP contribution in [0.3, 0.4) is 0 Å². The zero-order valence-corrected chi connectivity index (χ0v) is 18.0. The number of ether oxygens (including phenoxy) is 1. The molecular formula is C22H19ClN4O2S. The molecule has 0 aliphatic carbocycles. The van der Waals surface area contributed by atoms with E-state index >= 15 is 0 Å². The zero-order valence-electron chi connectivity index (χ0n) is 16.5. The van der Waals surface area contributed by atoms with Crippen LogP contribution >= 0.6 is 22.9 Å². The molecule has 0 saturated heterocycles. The van der Waals surface area contributed by atoms with Crippen molar-refractivity contribution < 1.29 is 9.53 Å². The van der Waals surface area contributed by atoms with Gasteiger partial charge in [-0.1, -0.05) is 35.1 Å². The molecule has 3 heterocycles. The molecule has 0 spiro atoms. The van der Waals surface area contributed by atoms with Crippen LogP contribution in [0.25, 0.3) is 15.3 Å². The van der Waals surface area contributed by atoms with Crippen LogP contribution in [0.4, 0.5) is 5.82 Å². The third-order valence-electron chi connectivity index (χ3n) is 5.22. The number of hydrogen-bond donors (Lipinski definition) is 1. The highest BCUT2D eigenvalue weighted by atomic mass is 35.5. The van der Waals surface area contributed by atoms with Crippen LogP contribution in [-0.4, -0.2) is 27.3 Å². The SMILES string of the molecule is CCOc1ccc2nc(-n3nc(C)c4c3NC(=O)C[C@H]4c3ccc(Cl)cc3)sc2c1. The average Bonchev–Trinajstić information content (AvgIpc) is 3.29. The fourth-order valence-electron chi connectivity index (χ4n) is 3.91. The van der Waals surface area contributed by atoms with E-state index in [-0.39, 0.29) is 11.8 Å². The van der Waals surface area contributed by atoms with Crippen LogP contribution in [0.5, 0.6) is 5.75 Å². The Morgan fingerprint density at radius 2 is 2.07 bits per heavy atom. The fraction of sp³-hybridized carbons (Fsp3) is 0.227. The molecule has 0 bridgehead atoms. The Bertz CT molecular complexity index is 1260. The van der Waals surface area contributed by atoms with Crippen molar-refractivity contribution in [3.8, 4) is 10.9 Å². The predicted molar refractivity (Wildman–Crippen MR) is 119 cm³/mol. The Balaban J connectivity index is 1.61. The van der Waals surface area contributed by atoms with Crippen molar-refractivity contribution in [3.05, 3.63) is 64.3 Å². The number of fused-ring (bicyclic) bond motifs is 2. The van der Waals surface area contributed by atoms with Crippen molar-refractivity contribution in [2.45, 2.75) is 26.2 Å². The molecule has 152 valence electrons. The Hall–Kier alpha value is -2.90. The Morgan fingerprint density at radius 3 is 2.83 bits per heavy atom. The molecule has 5 rings (SSSR count). The lowest BCUT2D eigenvalue weighted by Gasteiger charge is -2.24. The second-order valence-corrected chi connectivity index (χ2v) is 8.62. The second kappa shape index (κ2) is 7.41. The van der Waals surface area contributed by atoms with E-state index in [1.807, 2.05) is 56.3 Å². The van der Waals surface area contributed by atoms with Gasteiger partial charge < -0.3 is 10.1 Å². The Labute approximate surface area is 182 Å². The van der Waals surface area contributed by atoms with E-state index in [1.165, 1.54) is 11.3 Å². The van der Waals surface area contributed by atoms with Crippen molar-refractivity contribution in [2.75, 3.05) is 11.9 Å². The standard InChI is InChI=1S/C22H19ClN4O2S/c1-3-29-15-8-9-17-18(10-15)30-22(24-17)27-21-20(12(2)26-27)16(11-19(28)25-21)13-4-6-14(23)7-5-13/h4-10,16H,3,11H2,1-2H3,(H,25,28)/t16-/m0/s1. The van der Waals surface area contributed by atoms with Crippen LogP contribution in [0.1, 0.15) is 36.1 Å². The predicted octanol–water partition coefficient (Wildman–Crippen LogP) is 5.32. The molecule has 1 N–H and O–H groups in total. The highest BCUT2D eigenvalue weighted by Crippen LogP contribution is 2.41. The van der Waals surface area contributed by atoms with E-state index in [4.69, 9.17) is 26.4 Å². The highest BCUT2D eigenvalue weighted by molar-refractivity contribution is 7.20. The minimum absolute atomic E-state index is 0.0386. The number of nitrogens with one attached hydrogen (secondary N) is 1. The molecule has 0 radical (unpaired) electrons. The number of thiazole rings is 1. The number of aryl methyl sites for hydroxylation is 1. The number of carbonyl (C=O) groups excluding carboxylic acids is 1. The van der Waals surface area contributed by atoms with E-state index < -0.39 is 0 Å². The highest BCUT2D eigenvalue weighted by Gasteiger charge is 2.33. The number of benzene rings is 2. The normalized spacial score (nSPS) is 15.8. The van der Waals surface area contributed by atoms with Crippen LogP contribution in [0.2, 0.25) is 5.02 Å². The van der Waals surface area contributed by atoms with Gasteiger partial charge in [0, 0.05) is 22.9 Å².